The molecule has 0 heterocycles. The van der Waals surface area contributed by atoms with Crippen LogP contribution in [-0.2, 0) is 4.79 Å². The molecule has 1 atom stereocenters. The van der Waals surface area contributed by atoms with Gasteiger partial charge in [-0.3, -0.25) is 4.79 Å². The van der Waals surface area contributed by atoms with Crippen LogP contribution in [-0.4, -0.2) is 12.5 Å². The SMILES string of the molecule is CCOc1ccccc1NC(=O)C(Sc1ccc(F)cc1F)c1ccccc1. The van der Waals surface area contributed by atoms with Gasteiger partial charge in [-0.15, -0.1) is 11.8 Å². The average molecular weight is 399 g/mol. The van der Waals surface area contributed by atoms with E-state index in [0.29, 0.717) is 23.6 Å². The summed E-state index contributed by atoms with van der Waals surface area (Å²) in [5.41, 5.74) is 1.25. The first-order chi connectivity index (χ1) is 13.6. The van der Waals surface area contributed by atoms with Crippen LogP contribution in [0.1, 0.15) is 17.7 Å². The molecule has 0 radical (unpaired) electrons. The Kier molecular flexibility index (Phi) is 6.66. The highest BCUT2D eigenvalue weighted by Gasteiger charge is 2.24. The van der Waals surface area contributed by atoms with Crippen molar-refractivity contribution in [1.29, 1.82) is 0 Å². The average Bonchev–Trinajstić information content (AvgIpc) is 2.69. The zero-order valence-corrected chi connectivity index (χ0v) is 16.0. The standard InChI is InChI=1S/C22H19F2NO2S/c1-2-27-19-11-7-6-10-18(19)25-22(26)21(15-8-4-3-5-9-15)28-20-13-12-16(23)14-17(20)24/h3-14,21H,2H2,1H3,(H,25,26). The molecule has 0 fully saturated rings. The van der Waals surface area contributed by atoms with E-state index < -0.39 is 16.9 Å². The van der Waals surface area contributed by atoms with Gasteiger partial charge < -0.3 is 10.1 Å². The lowest BCUT2D eigenvalue weighted by atomic mass is 10.1. The number of hydrogen-bond acceptors (Lipinski definition) is 3. The lowest BCUT2D eigenvalue weighted by Gasteiger charge is -2.18. The molecule has 3 aromatic carbocycles. The summed E-state index contributed by atoms with van der Waals surface area (Å²) in [6, 6.07) is 19.5. The summed E-state index contributed by atoms with van der Waals surface area (Å²) >= 11 is 1.03. The first kappa shape index (κ1) is 19.9. The summed E-state index contributed by atoms with van der Waals surface area (Å²) in [5, 5.41) is 2.14. The van der Waals surface area contributed by atoms with Crippen LogP contribution >= 0.6 is 11.8 Å². The maximum Gasteiger partial charge on any atom is 0.242 e. The second-order valence-electron chi connectivity index (χ2n) is 5.90. The van der Waals surface area contributed by atoms with Gasteiger partial charge in [0.1, 0.15) is 22.6 Å². The Hall–Kier alpha value is -2.86. The number of thioether (sulfide) groups is 1. The Morgan fingerprint density at radius 3 is 2.46 bits per heavy atom. The van der Waals surface area contributed by atoms with E-state index in [9.17, 15) is 13.6 Å². The molecule has 0 bridgehead atoms. The maximum absolute atomic E-state index is 14.2. The molecule has 1 N–H and O–H groups in total. The largest absolute Gasteiger partial charge is 0.492 e. The zero-order chi connectivity index (χ0) is 19.9. The van der Waals surface area contributed by atoms with Crippen molar-refractivity contribution in [3.63, 3.8) is 0 Å². The molecular weight excluding hydrogens is 380 g/mol. The summed E-state index contributed by atoms with van der Waals surface area (Å²) in [6.07, 6.45) is 0. The van der Waals surface area contributed by atoms with Crippen molar-refractivity contribution in [2.75, 3.05) is 11.9 Å². The summed E-state index contributed by atoms with van der Waals surface area (Å²) in [6.45, 7) is 2.32. The lowest BCUT2D eigenvalue weighted by molar-refractivity contribution is -0.115. The maximum atomic E-state index is 14.2. The minimum atomic E-state index is -0.726. The van der Waals surface area contributed by atoms with Crippen LogP contribution in [0.3, 0.4) is 0 Å². The molecule has 0 spiro atoms. The molecule has 1 amide bonds. The number of amides is 1. The van der Waals surface area contributed by atoms with Gasteiger partial charge in [0, 0.05) is 11.0 Å². The van der Waals surface area contributed by atoms with Gasteiger partial charge in [-0.2, -0.15) is 0 Å². The molecule has 1 unspecified atom stereocenters. The number of carbonyl (C=O) groups is 1. The summed E-state index contributed by atoms with van der Waals surface area (Å²) in [5.74, 6) is -1.13. The minimum Gasteiger partial charge on any atom is -0.492 e. The molecule has 0 saturated carbocycles. The number of benzene rings is 3. The van der Waals surface area contributed by atoms with Gasteiger partial charge in [-0.25, -0.2) is 8.78 Å². The number of para-hydroxylation sites is 2. The van der Waals surface area contributed by atoms with Crippen molar-refractivity contribution in [2.45, 2.75) is 17.1 Å². The van der Waals surface area contributed by atoms with Gasteiger partial charge in [-0.1, -0.05) is 42.5 Å². The topological polar surface area (TPSA) is 38.3 Å². The normalized spacial score (nSPS) is 11.7. The number of nitrogens with one attached hydrogen (secondary N) is 1. The van der Waals surface area contributed by atoms with Gasteiger partial charge in [0.25, 0.3) is 0 Å². The van der Waals surface area contributed by atoms with Gasteiger partial charge >= 0.3 is 0 Å². The van der Waals surface area contributed by atoms with Crippen LogP contribution < -0.4 is 10.1 Å². The first-order valence-corrected chi connectivity index (χ1v) is 9.65. The number of hydrogen-bond donors (Lipinski definition) is 1. The van der Waals surface area contributed by atoms with Crippen LogP contribution in [0.5, 0.6) is 5.75 Å². The molecular formula is C22H19F2NO2S. The summed E-state index contributed by atoms with van der Waals surface area (Å²) < 4.78 is 32.9. The minimum absolute atomic E-state index is 0.198. The van der Waals surface area contributed by atoms with E-state index in [1.54, 1.807) is 30.3 Å². The van der Waals surface area contributed by atoms with Crippen molar-refractivity contribution in [1.82, 2.24) is 0 Å². The monoisotopic (exact) mass is 399 g/mol. The van der Waals surface area contributed by atoms with Gasteiger partial charge in [0.15, 0.2) is 0 Å². The predicted molar refractivity (Wildman–Crippen MR) is 108 cm³/mol. The molecule has 0 aromatic heterocycles. The molecule has 0 aliphatic rings. The van der Waals surface area contributed by atoms with Gasteiger partial charge in [0.05, 0.1) is 12.3 Å². The smallest absolute Gasteiger partial charge is 0.242 e. The third-order valence-electron chi connectivity index (χ3n) is 3.92. The fraction of sp³-hybridized carbons (Fsp3) is 0.136. The molecule has 28 heavy (non-hydrogen) atoms. The molecule has 3 aromatic rings. The molecule has 0 aliphatic heterocycles. The Morgan fingerprint density at radius 1 is 1.04 bits per heavy atom. The van der Waals surface area contributed by atoms with E-state index in [-0.39, 0.29) is 10.8 Å². The number of anilines is 1. The van der Waals surface area contributed by atoms with Gasteiger partial charge in [0.2, 0.25) is 5.91 Å². The first-order valence-electron chi connectivity index (χ1n) is 8.78. The number of rotatable bonds is 7. The quantitative estimate of drug-likeness (QED) is 0.508. The molecule has 6 heteroatoms. The van der Waals surface area contributed by atoms with Crippen LogP contribution in [0.25, 0.3) is 0 Å². The fourth-order valence-corrected chi connectivity index (χ4v) is 3.68. The van der Waals surface area contributed by atoms with Crippen molar-refractivity contribution in [3.05, 3.63) is 90.0 Å². The van der Waals surface area contributed by atoms with Crippen LogP contribution in [0.2, 0.25) is 0 Å². The highest BCUT2D eigenvalue weighted by atomic mass is 32.2. The molecule has 144 valence electrons. The zero-order valence-electron chi connectivity index (χ0n) is 15.2. The van der Waals surface area contributed by atoms with Crippen LogP contribution in [0, 0.1) is 11.6 Å². The molecule has 0 aliphatic carbocycles. The predicted octanol–water partition coefficient (Wildman–Crippen LogP) is 5.84. The van der Waals surface area contributed by atoms with Crippen LogP contribution in [0.15, 0.2) is 77.7 Å². The van der Waals surface area contributed by atoms with E-state index in [1.807, 2.05) is 31.2 Å². The number of carbonyl (C=O) groups excluding carboxylic acids is 1. The third-order valence-corrected chi connectivity index (χ3v) is 5.23. The fourth-order valence-electron chi connectivity index (χ4n) is 2.65. The molecule has 3 rings (SSSR count). The second-order valence-corrected chi connectivity index (χ2v) is 7.05. The molecule has 0 saturated heterocycles. The highest BCUT2D eigenvalue weighted by Crippen LogP contribution is 2.38. The second kappa shape index (κ2) is 9.37. The Bertz CT molecular complexity index is 950. The molecule has 3 nitrogen and oxygen atoms in total. The van der Waals surface area contributed by atoms with E-state index in [1.165, 1.54) is 12.1 Å². The summed E-state index contributed by atoms with van der Waals surface area (Å²) in [7, 11) is 0. The highest BCUT2D eigenvalue weighted by molar-refractivity contribution is 8.00. The Balaban J connectivity index is 1.90. The third kappa shape index (κ3) is 4.89. The van der Waals surface area contributed by atoms with E-state index in [4.69, 9.17) is 4.74 Å². The van der Waals surface area contributed by atoms with Crippen molar-refractivity contribution >= 4 is 23.4 Å². The van der Waals surface area contributed by atoms with Crippen LogP contribution in [0.4, 0.5) is 14.5 Å². The van der Waals surface area contributed by atoms with E-state index in [2.05, 4.69) is 5.32 Å². The van der Waals surface area contributed by atoms with E-state index in [0.717, 1.165) is 17.8 Å². The van der Waals surface area contributed by atoms with E-state index >= 15 is 0 Å². The van der Waals surface area contributed by atoms with Crippen molar-refractivity contribution in [3.8, 4) is 5.75 Å². The van der Waals surface area contributed by atoms with Crippen molar-refractivity contribution < 1.29 is 18.3 Å². The Morgan fingerprint density at radius 2 is 1.75 bits per heavy atom. The number of ether oxygens (including phenoxy) is 1. The van der Waals surface area contributed by atoms with Gasteiger partial charge in [-0.05, 0) is 36.8 Å². The summed E-state index contributed by atoms with van der Waals surface area (Å²) in [4.78, 5) is 13.3. The lowest BCUT2D eigenvalue weighted by Crippen LogP contribution is -2.19. The Labute approximate surface area is 166 Å². The number of halogens is 2. The van der Waals surface area contributed by atoms with Crippen molar-refractivity contribution in [2.24, 2.45) is 0 Å².